The molecule has 0 radical (unpaired) electrons. The van der Waals surface area contributed by atoms with E-state index >= 15 is 0 Å². The zero-order valence-corrected chi connectivity index (χ0v) is 13.3. The summed E-state index contributed by atoms with van der Waals surface area (Å²) in [5.74, 6) is -3.05. The van der Waals surface area contributed by atoms with E-state index in [1.807, 2.05) is 0 Å². The highest BCUT2D eigenvalue weighted by Gasteiger charge is 2.29. The first kappa shape index (κ1) is 16.9. The van der Waals surface area contributed by atoms with Crippen molar-refractivity contribution in [1.82, 2.24) is 0 Å². The topological polar surface area (TPSA) is 29.5 Å². The number of ether oxygens (including phenoxy) is 1. The van der Waals surface area contributed by atoms with Gasteiger partial charge in [0.25, 0.3) is 5.92 Å². The summed E-state index contributed by atoms with van der Waals surface area (Å²) in [7, 11) is 0. The molecule has 3 aromatic carbocycles. The number of hydrogen-bond acceptors (Lipinski definition) is 2. The van der Waals surface area contributed by atoms with Crippen molar-refractivity contribution in [2.45, 2.75) is 12.8 Å². The van der Waals surface area contributed by atoms with Gasteiger partial charge < -0.3 is 9.84 Å². The molecule has 0 bridgehead atoms. The maximum atomic E-state index is 13.9. The molecule has 3 aromatic rings. The summed E-state index contributed by atoms with van der Waals surface area (Å²) < 4.78 is 47.2. The maximum Gasteiger partial charge on any atom is 0.271 e. The molecule has 0 amide bonds. The summed E-state index contributed by atoms with van der Waals surface area (Å²) in [5, 5.41) is 9.33. The SMILES string of the molecule is CC(F)(F)c1cc(F)ccc1-c1ccccc1Oc1ccc(O)cc1. The third kappa shape index (κ3) is 3.76. The van der Waals surface area contributed by atoms with Gasteiger partial charge in [-0.15, -0.1) is 0 Å². The lowest BCUT2D eigenvalue weighted by Crippen LogP contribution is -2.09. The third-order valence-electron chi connectivity index (χ3n) is 3.70. The van der Waals surface area contributed by atoms with E-state index in [2.05, 4.69) is 0 Å². The van der Waals surface area contributed by atoms with Gasteiger partial charge in [0.05, 0.1) is 0 Å². The van der Waals surface area contributed by atoms with E-state index in [9.17, 15) is 18.3 Å². The smallest absolute Gasteiger partial charge is 0.271 e. The second kappa shape index (κ2) is 6.51. The van der Waals surface area contributed by atoms with Crippen molar-refractivity contribution in [2.24, 2.45) is 0 Å². The molecule has 0 spiro atoms. The van der Waals surface area contributed by atoms with Crippen molar-refractivity contribution in [3.8, 4) is 28.4 Å². The molecule has 128 valence electrons. The lowest BCUT2D eigenvalue weighted by Gasteiger charge is -2.18. The van der Waals surface area contributed by atoms with Crippen LogP contribution in [0.4, 0.5) is 13.2 Å². The van der Waals surface area contributed by atoms with Crippen LogP contribution < -0.4 is 4.74 Å². The minimum absolute atomic E-state index is 0.0899. The highest BCUT2D eigenvalue weighted by atomic mass is 19.3. The molecule has 0 fully saturated rings. The second-order valence-electron chi connectivity index (χ2n) is 5.67. The molecule has 0 aliphatic heterocycles. The Morgan fingerprint density at radius 2 is 1.56 bits per heavy atom. The lowest BCUT2D eigenvalue weighted by atomic mass is 9.95. The summed E-state index contributed by atoms with van der Waals surface area (Å²) >= 11 is 0. The van der Waals surface area contributed by atoms with Gasteiger partial charge in [-0.1, -0.05) is 24.3 Å². The molecular weight excluding hydrogens is 329 g/mol. The highest BCUT2D eigenvalue weighted by molar-refractivity contribution is 5.74. The number of hydrogen-bond donors (Lipinski definition) is 1. The van der Waals surface area contributed by atoms with Gasteiger partial charge in [0.1, 0.15) is 23.1 Å². The van der Waals surface area contributed by atoms with Gasteiger partial charge in [0.2, 0.25) is 0 Å². The summed E-state index contributed by atoms with van der Waals surface area (Å²) in [4.78, 5) is 0. The Kier molecular flexibility index (Phi) is 4.40. The first-order valence-corrected chi connectivity index (χ1v) is 7.59. The molecule has 0 saturated carbocycles. The van der Waals surface area contributed by atoms with Crippen LogP contribution in [0.1, 0.15) is 12.5 Å². The first-order valence-electron chi connectivity index (χ1n) is 7.59. The molecule has 2 nitrogen and oxygen atoms in total. The van der Waals surface area contributed by atoms with Crippen LogP contribution in [0.25, 0.3) is 11.1 Å². The average molecular weight is 344 g/mol. The molecule has 5 heteroatoms. The Morgan fingerprint density at radius 3 is 2.24 bits per heavy atom. The molecule has 0 atom stereocenters. The van der Waals surface area contributed by atoms with Crippen LogP contribution >= 0.6 is 0 Å². The van der Waals surface area contributed by atoms with Crippen LogP contribution in [0, 0.1) is 5.82 Å². The normalized spacial score (nSPS) is 11.4. The molecule has 0 saturated heterocycles. The van der Waals surface area contributed by atoms with Crippen LogP contribution in [0.5, 0.6) is 17.2 Å². The van der Waals surface area contributed by atoms with Crippen LogP contribution in [0.3, 0.4) is 0 Å². The number of phenolic OH excluding ortho intramolecular Hbond substituents is 1. The van der Waals surface area contributed by atoms with Crippen LogP contribution in [0.2, 0.25) is 0 Å². The lowest BCUT2D eigenvalue weighted by molar-refractivity contribution is 0.0178. The highest BCUT2D eigenvalue weighted by Crippen LogP contribution is 2.40. The summed E-state index contributed by atoms with van der Waals surface area (Å²) in [6.45, 7) is 0.731. The Hall–Kier alpha value is -2.95. The monoisotopic (exact) mass is 344 g/mol. The summed E-state index contributed by atoms with van der Waals surface area (Å²) in [5.41, 5.74) is 0.213. The van der Waals surface area contributed by atoms with E-state index in [0.717, 1.165) is 19.1 Å². The second-order valence-corrected chi connectivity index (χ2v) is 5.67. The largest absolute Gasteiger partial charge is 0.508 e. The number of alkyl halides is 2. The minimum atomic E-state index is -3.21. The van der Waals surface area contributed by atoms with Crippen molar-refractivity contribution in [3.05, 3.63) is 78.1 Å². The summed E-state index contributed by atoms with van der Waals surface area (Å²) in [6.07, 6.45) is 0. The van der Waals surface area contributed by atoms with Crippen LogP contribution in [-0.2, 0) is 5.92 Å². The van der Waals surface area contributed by atoms with Gasteiger partial charge in [0, 0.05) is 18.1 Å². The number of benzene rings is 3. The van der Waals surface area contributed by atoms with E-state index in [1.165, 1.54) is 18.2 Å². The Balaban J connectivity index is 2.09. The van der Waals surface area contributed by atoms with Crippen molar-refractivity contribution in [3.63, 3.8) is 0 Å². The van der Waals surface area contributed by atoms with E-state index < -0.39 is 17.3 Å². The van der Waals surface area contributed by atoms with Gasteiger partial charge >= 0.3 is 0 Å². The maximum absolute atomic E-state index is 13.9. The Morgan fingerprint density at radius 1 is 0.880 bits per heavy atom. The van der Waals surface area contributed by atoms with Crippen LogP contribution in [-0.4, -0.2) is 5.11 Å². The number of halogens is 3. The first-order chi connectivity index (χ1) is 11.8. The van der Waals surface area contributed by atoms with Crippen molar-refractivity contribution in [1.29, 1.82) is 0 Å². The quantitative estimate of drug-likeness (QED) is 0.619. The zero-order chi connectivity index (χ0) is 18.0. The van der Waals surface area contributed by atoms with E-state index in [-0.39, 0.29) is 11.3 Å². The summed E-state index contributed by atoms with van der Waals surface area (Å²) in [6, 6.07) is 16.0. The van der Waals surface area contributed by atoms with Crippen LogP contribution in [0.15, 0.2) is 66.7 Å². The molecule has 1 N–H and O–H groups in total. The van der Waals surface area contributed by atoms with Gasteiger partial charge in [-0.3, -0.25) is 0 Å². The number of rotatable bonds is 4. The Labute approximate surface area is 143 Å². The fourth-order valence-corrected chi connectivity index (χ4v) is 2.53. The van der Waals surface area contributed by atoms with Crippen molar-refractivity contribution < 1.29 is 23.0 Å². The van der Waals surface area contributed by atoms with Gasteiger partial charge in [-0.05, 0) is 48.0 Å². The number of aromatic hydroxyl groups is 1. The molecule has 0 unspecified atom stereocenters. The molecule has 3 rings (SSSR count). The van der Waals surface area contributed by atoms with Crippen molar-refractivity contribution >= 4 is 0 Å². The number of para-hydroxylation sites is 1. The molecular formula is C20H15F3O2. The van der Waals surface area contributed by atoms with E-state index in [4.69, 9.17) is 4.74 Å². The molecule has 0 aliphatic carbocycles. The molecule has 25 heavy (non-hydrogen) atoms. The number of phenols is 1. The fourth-order valence-electron chi connectivity index (χ4n) is 2.53. The molecule has 0 aliphatic rings. The Bertz CT molecular complexity index is 884. The van der Waals surface area contributed by atoms with Crippen molar-refractivity contribution in [2.75, 3.05) is 0 Å². The zero-order valence-electron chi connectivity index (χ0n) is 13.3. The predicted molar refractivity (Wildman–Crippen MR) is 89.6 cm³/mol. The third-order valence-corrected chi connectivity index (χ3v) is 3.70. The molecule has 0 aromatic heterocycles. The van der Waals surface area contributed by atoms with Gasteiger partial charge in [0.15, 0.2) is 0 Å². The fraction of sp³-hybridized carbons (Fsp3) is 0.100. The van der Waals surface area contributed by atoms with Gasteiger partial charge in [-0.2, -0.15) is 0 Å². The van der Waals surface area contributed by atoms with E-state index in [0.29, 0.717) is 17.1 Å². The minimum Gasteiger partial charge on any atom is -0.508 e. The van der Waals surface area contributed by atoms with Gasteiger partial charge in [-0.25, -0.2) is 13.2 Å². The average Bonchev–Trinajstić information content (AvgIpc) is 2.57. The standard InChI is InChI=1S/C20H15F3O2/c1-20(22,23)18-12-13(21)6-11-16(18)17-4-2-3-5-19(17)25-15-9-7-14(24)8-10-15/h2-12,24H,1H3. The predicted octanol–water partition coefficient (Wildman–Crippen LogP) is 6.10. The van der Waals surface area contributed by atoms with E-state index in [1.54, 1.807) is 36.4 Å². The molecule has 0 heterocycles.